The lowest BCUT2D eigenvalue weighted by Crippen LogP contribution is -2.37. The second kappa shape index (κ2) is 8.73. The number of methoxy groups -OCH3 is 1. The Morgan fingerprint density at radius 1 is 1.15 bits per heavy atom. The predicted molar refractivity (Wildman–Crippen MR) is 103 cm³/mol. The summed E-state index contributed by atoms with van der Waals surface area (Å²) >= 11 is 11.8. The molecule has 0 aliphatic carbocycles. The number of carbonyl (C=O) groups excluding carboxylic acids is 1. The van der Waals surface area contributed by atoms with Crippen LogP contribution in [0.5, 0.6) is 5.75 Å². The van der Waals surface area contributed by atoms with Gasteiger partial charge >= 0.3 is 0 Å². The molecule has 6 nitrogen and oxygen atoms in total. The lowest BCUT2D eigenvalue weighted by Gasteiger charge is -2.20. The topological polar surface area (TPSA) is 75.7 Å². The highest BCUT2D eigenvalue weighted by molar-refractivity contribution is 7.89. The van der Waals surface area contributed by atoms with Gasteiger partial charge in [-0.2, -0.15) is 4.31 Å². The monoisotopic (exact) mass is 416 g/mol. The molecule has 0 saturated heterocycles. The van der Waals surface area contributed by atoms with Crippen LogP contribution in [0, 0.1) is 0 Å². The number of halogens is 2. The Morgan fingerprint density at radius 2 is 1.81 bits per heavy atom. The van der Waals surface area contributed by atoms with Gasteiger partial charge in [-0.15, -0.1) is 0 Å². The van der Waals surface area contributed by atoms with Gasteiger partial charge in [-0.1, -0.05) is 30.1 Å². The van der Waals surface area contributed by atoms with Gasteiger partial charge in [-0.05, 0) is 42.5 Å². The van der Waals surface area contributed by atoms with Crippen molar-refractivity contribution < 1.29 is 17.9 Å². The molecule has 2 aromatic rings. The number of carbonyl (C=O) groups is 1. The Labute approximate surface area is 162 Å². The zero-order valence-electron chi connectivity index (χ0n) is 14.2. The molecule has 0 saturated carbocycles. The molecule has 2 aromatic carbocycles. The van der Waals surface area contributed by atoms with Crippen LogP contribution >= 0.6 is 23.2 Å². The molecule has 0 fully saturated rings. The number of nitrogens with one attached hydrogen (secondary N) is 1. The molecule has 0 aromatic heterocycles. The van der Waals surface area contributed by atoms with E-state index in [1.54, 1.807) is 19.1 Å². The van der Waals surface area contributed by atoms with Crippen LogP contribution in [-0.2, 0) is 14.8 Å². The highest BCUT2D eigenvalue weighted by Gasteiger charge is 2.25. The van der Waals surface area contributed by atoms with Gasteiger partial charge in [0.05, 0.1) is 23.6 Å². The molecule has 1 amide bonds. The number of anilines is 1. The summed E-state index contributed by atoms with van der Waals surface area (Å²) < 4.78 is 31.5. The SMILES string of the molecule is CCN(CC(=O)Nc1ccc(OC)c(Cl)c1)S(=O)(=O)c1ccc(Cl)cc1. The first kappa shape index (κ1) is 20.5. The largest absolute Gasteiger partial charge is 0.495 e. The highest BCUT2D eigenvalue weighted by atomic mass is 35.5. The van der Waals surface area contributed by atoms with E-state index in [-0.39, 0.29) is 18.0 Å². The fourth-order valence-corrected chi connectivity index (χ4v) is 4.02. The van der Waals surface area contributed by atoms with Crippen LogP contribution in [0.15, 0.2) is 47.4 Å². The summed E-state index contributed by atoms with van der Waals surface area (Å²) in [6, 6.07) is 10.5. The van der Waals surface area contributed by atoms with Gasteiger partial charge in [-0.25, -0.2) is 8.42 Å². The van der Waals surface area contributed by atoms with Crippen molar-refractivity contribution in [3.63, 3.8) is 0 Å². The zero-order chi connectivity index (χ0) is 19.3. The predicted octanol–water partition coefficient (Wildman–Crippen LogP) is 3.65. The number of rotatable bonds is 7. The zero-order valence-corrected chi connectivity index (χ0v) is 16.5. The second-order valence-electron chi connectivity index (χ2n) is 5.28. The van der Waals surface area contributed by atoms with Crippen LogP contribution in [0.4, 0.5) is 5.69 Å². The van der Waals surface area contributed by atoms with E-state index in [0.717, 1.165) is 4.31 Å². The fraction of sp³-hybridized carbons (Fsp3) is 0.235. The van der Waals surface area contributed by atoms with E-state index < -0.39 is 15.9 Å². The van der Waals surface area contributed by atoms with Crippen LogP contribution < -0.4 is 10.1 Å². The van der Waals surface area contributed by atoms with Crippen LogP contribution in [0.3, 0.4) is 0 Å². The third-order valence-electron chi connectivity index (χ3n) is 3.56. The molecular weight excluding hydrogens is 399 g/mol. The maximum absolute atomic E-state index is 12.7. The fourth-order valence-electron chi connectivity index (χ4n) is 2.23. The first-order valence-electron chi connectivity index (χ1n) is 7.67. The summed E-state index contributed by atoms with van der Waals surface area (Å²) in [6.45, 7) is 1.47. The maximum Gasteiger partial charge on any atom is 0.243 e. The van der Waals surface area contributed by atoms with Gasteiger partial charge in [0, 0.05) is 17.3 Å². The molecule has 0 unspecified atom stereocenters. The first-order chi connectivity index (χ1) is 12.3. The first-order valence-corrected chi connectivity index (χ1v) is 9.86. The molecule has 1 N–H and O–H groups in total. The van der Waals surface area contributed by atoms with Crippen molar-refractivity contribution in [2.45, 2.75) is 11.8 Å². The Kier molecular flexibility index (Phi) is 6.88. The molecule has 0 bridgehead atoms. The van der Waals surface area contributed by atoms with Crippen molar-refractivity contribution in [2.75, 3.05) is 25.5 Å². The average Bonchev–Trinajstić information content (AvgIpc) is 2.60. The summed E-state index contributed by atoms with van der Waals surface area (Å²) in [5.74, 6) is -0.00390. The summed E-state index contributed by atoms with van der Waals surface area (Å²) in [5, 5.41) is 3.40. The quantitative estimate of drug-likeness (QED) is 0.746. The highest BCUT2D eigenvalue weighted by Crippen LogP contribution is 2.27. The Morgan fingerprint density at radius 3 is 2.35 bits per heavy atom. The number of sulfonamides is 1. The average molecular weight is 417 g/mol. The summed E-state index contributed by atoms with van der Waals surface area (Å²) in [5.41, 5.74) is 0.445. The Balaban J connectivity index is 2.12. The normalized spacial score (nSPS) is 11.4. The minimum atomic E-state index is -3.81. The standard InChI is InChI=1S/C17H18Cl2N2O4S/c1-3-21(26(23,24)14-7-4-12(18)5-8-14)11-17(22)20-13-6-9-16(25-2)15(19)10-13/h4-10H,3,11H2,1-2H3,(H,20,22). The van der Waals surface area contributed by atoms with Gasteiger partial charge in [0.2, 0.25) is 15.9 Å². The van der Waals surface area contributed by atoms with E-state index in [2.05, 4.69) is 5.32 Å². The van der Waals surface area contributed by atoms with Crippen molar-refractivity contribution in [3.05, 3.63) is 52.5 Å². The molecular formula is C17H18Cl2N2O4S. The number of nitrogens with zero attached hydrogens (tertiary/aromatic N) is 1. The summed E-state index contributed by atoms with van der Waals surface area (Å²) in [7, 11) is -2.32. The number of benzene rings is 2. The Bertz CT molecular complexity index is 886. The number of ether oxygens (including phenoxy) is 1. The van der Waals surface area contributed by atoms with Crippen molar-refractivity contribution in [1.82, 2.24) is 4.31 Å². The molecule has 0 atom stereocenters. The molecule has 0 radical (unpaired) electrons. The van der Waals surface area contributed by atoms with E-state index >= 15 is 0 Å². The van der Waals surface area contributed by atoms with Crippen LogP contribution in [0.2, 0.25) is 10.0 Å². The van der Waals surface area contributed by atoms with E-state index in [9.17, 15) is 13.2 Å². The molecule has 0 spiro atoms. The van der Waals surface area contributed by atoms with Crippen molar-refractivity contribution in [3.8, 4) is 5.75 Å². The number of amides is 1. The molecule has 26 heavy (non-hydrogen) atoms. The van der Waals surface area contributed by atoms with Crippen LogP contribution in [0.25, 0.3) is 0 Å². The van der Waals surface area contributed by atoms with Crippen molar-refractivity contribution in [1.29, 1.82) is 0 Å². The van der Waals surface area contributed by atoms with Crippen molar-refractivity contribution >= 4 is 44.8 Å². The number of hydrogen-bond donors (Lipinski definition) is 1. The molecule has 2 rings (SSSR count). The third-order valence-corrected chi connectivity index (χ3v) is 6.04. The van der Waals surface area contributed by atoms with Gasteiger partial charge in [0.15, 0.2) is 0 Å². The van der Waals surface area contributed by atoms with Crippen LogP contribution in [0.1, 0.15) is 6.92 Å². The van der Waals surface area contributed by atoms with Crippen LogP contribution in [-0.4, -0.2) is 38.8 Å². The van der Waals surface area contributed by atoms with E-state index in [1.165, 1.54) is 37.4 Å². The number of likely N-dealkylation sites (N-methyl/N-ethyl adjacent to an activating group) is 1. The van der Waals surface area contributed by atoms with Gasteiger partial charge in [-0.3, -0.25) is 4.79 Å². The van der Waals surface area contributed by atoms with Gasteiger partial charge in [0.1, 0.15) is 5.75 Å². The minimum absolute atomic E-state index is 0.0732. The Hall–Kier alpha value is -1.80. The molecule has 9 heteroatoms. The molecule has 0 aliphatic heterocycles. The second-order valence-corrected chi connectivity index (χ2v) is 8.06. The minimum Gasteiger partial charge on any atom is -0.495 e. The van der Waals surface area contributed by atoms with Crippen molar-refractivity contribution in [2.24, 2.45) is 0 Å². The molecule has 140 valence electrons. The van der Waals surface area contributed by atoms with Gasteiger partial charge in [0.25, 0.3) is 0 Å². The van der Waals surface area contributed by atoms with E-state index in [1.807, 2.05) is 0 Å². The summed E-state index contributed by atoms with van der Waals surface area (Å²) in [6.07, 6.45) is 0. The smallest absolute Gasteiger partial charge is 0.243 e. The maximum atomic E-state index is 12.7. The third kappa shape index (κ3) is 4.88. The van der Waals surface area contributed by atoms with E-state index in [4.69, 9.17) is 27.9 Å². The van der Waals surface area contributed by atoms with Gasteiger partial charge < -0.3 is 10.1 Å². The summed E-state index contributed by atoms with van der Waals surface area (Å²) in [4.78, 5) is 12.3. The number of hydrogen-bond acceptors (Lipinski definition) is 4. The molecule has 0 heterocycles. The lowest BCUT2D eigenvalue weighted by molar-refractivity contribution is -0.116. The molecule has 0 aliphatic rings. The lowest BCUT2D eigenvalue weighted by atomic mass is 10.3. The van der Waals surface area contributed by atoms with E-state index in [0.29, 0.717) is 21.5 Å².